The molecular formula is C14H15BrN2O2. The summed E-state index contributed by atoms with van der Waals surface area (Å²) in [5.41, 5.74) is 9.70. The van der Waals surface area contributed by atoms with Gasteiger partial charge in [-0.25, -0.2) is 0 Å². The van der Waals surface area contributed by atoms with Crippen LogP contribution in [0.15, 0.2) is 21.3 Å². The van der Waals surface area contributed by atoms with E-state index in [-0.39, 0.29) is 11.6 Å². The van der Waals surface area contributed by atoms with Crippen molar-refractivity contribution < 1.29 is 9.63 Å². The van der Waals surface area contributed by atoms with E-state index < -0.39 is 0 Å². The van der Waals surface area contributed by atoms with E-state index in [9.17, 15) is 5.11 Å². The van der Waals surface area contributed by atoms with Crippen molar-refractivity contribution >= 4 is 21.8 Å². The molecule has 0 bridgehead atoms. The van der Waals surface area contributed by atoms with E-state index in [0.29, 0.717) is 10.0 Å². The number of hydrogen-bond donors (Lipinski definition) is 2. The third-order valence-electron chi connectivity index (χ3n) is 3.69. The van der Waals surface area contributed by atoms with Crippen molar-refractivity contribution in [2.24, 2.45) is 0 Å². The molecule has 1 heterocycles. The number of halogens is 1. The van der Waals surface area contributed by atoms with Crippen LogP contribution in [0.2, 0.25) is 0 Å². The molecule has 0 unspecified atom stereocenters. The highest BCUT2D eigenvalue weighted by Gasteiger charge is 2.22. The number of hydrogen-bond acceptors (Lipinski definition) is 4. The van der Waals surface area contributed by atoms with E-state index in [4.69, 9.17) is 10.3 Å². The summed E-state index contributed by atoms with van der Waals surface area (Å²) in [7, 11) is 0. The van der Waals surface area contributed by atoms with Crippen LogP contribution in [0, 0.1) is 0 Å². The SMILES string of the molecule is Nc1oncc1-c1c(O)c(Br)cc2c1CCCCC2. The monoisotopic (exact) mass is 322 g/mol. The van der Waals surface area contributed by atoms with E-state index in [1.165, 1.54) is 24.0 Å². The van der Waals surface area contributed by atoms with Crippen LogP contribution in [-0.4, -0.2) is 10.3 Å². The summed E-state index contributed by atoms with van der Waals surface area (Å²) >= 11 is 3.42. The van der Waals surface area contributed by atoms with Gasteiger partial charge in [-0.2, -0.15) is 0 Å². The van der Waals surface area contributed by atoms with Gasteiger partial charge in [0.1, 0.15) is 5.75 Å². The molecule has 1 aromatic heterocycles. The van der Waals surface area contributed by atoms with E-state index in [0.717, 1.165) is 24.8 Å². The number of nitrogens with zero attached hydrogens (tertiary/aromatic N) is 1. The fraction of sp³-hybridized carbons (Fsp3) is 0.357. The maximum absolute atomic E-state index is 10.4. The van der Waals surface area contributed by atoms with Crippen molar-refractivity contribution in [2.75, 3.05) is 5.73 Å². The number of aromatic nitrogens is 1. The Kier molecular flexibility index (Phi) is 3.22. The molecule has 0 aliphatic heterocycles. The average Bonchev–Trinajstić information content (AvgIpc) is 2.67. The first-order valence-electron chi connectivity index (χ1n) is 6.42. The predicted molar refractivity (Wildman–Crippen MR) is 77.0 cm³/mol. The molecule has 3 N–H and O–H groups in total. The molecule has 0 spiro atoms. The summed E-state index contributed by atoms with van der Waals surface area (Å²) in [5.74, 6) is 0.468. The second-order valence-corrected chi connectivity index (χ2v) is 5.74. The van der Waals surface area contributed by atoms with Crippen molar-refractivity contribution in [1.29, 1.82) is 0 Å². The van der Waals surface area contributed by atoms with Crippen molar-refractivity contribution in [3.63, 3.8) is 0 Å². The Labute approximate surface area is 119 Å². The maximum Gasteiger partial charge on any atom is 0.230 e. The van der Waals surface area contributed by atoms with Crippen LogP contribution in [0.1, 0.15) is 30.4 Å². The number of nitrogens with two attached hydrogens (primary N) is 1. The minimum absolute atomic E-state index is 0.218. The lowest BCUT2D eigenvalue weighted by atomic mass is 9.93. The Morgan fingerprint density at radius 1 is 1.26 bits per heavy atom. The van der Waals surface area contributed by atoms with Crippen LogP contribution in [0.5, 0.6) is 5.75 Å². The number of phenols is 1. The lowest BCUT2D eigenvalue weighted by Gasteiger charge is -2.15. The molecule has 3 rings (SSSR count). The second-order valence-electron chi connectivity index (χ2n) is 4.88. The molecule has 0 saturated carbocycles. The van der Waals surface area contributed by atoms with Gasteiger partial charge >= 0.3 is 0 Å². The van der Waals surface area contributed by atoms with Gasteiger partial charge in [0, 0.05) is 5.56 Å². The highest BCUT2D eigenvalue weighted by molar-refractivity contribution is 9.10. The van der Waals surface area contributed by atoms with Crippen LogP contribution in [0.4, 0.5) is 5.88 Å². The summed E-state index contributed by atoms with van der Waals surface area (Å²) < 4.78 is 5.64. The smallest absolute Gasteiger partial charge is 0.230 e. The van der Waals surface area contributed by atoms with E-state index in [1.54, 1.807) is 6.20 Å². The first-order valence-corrected chi connectivity index (χ1v) is 7.21. The number of nitrogen functional groups attached to an aromatic ring is 1. The zero-order valence-electron chi connectivity index (χ0n) is 10.4. The van der Waals surface area contributed by atoms with Crippen molar-refractivity contribution in [3.05, 3.63) is 27.9 Å². The molecule has 100 valence electrons. The minimum Gasteiger partial charge on any atom is -0.506 e. The topological polar surface area (TPSA) is 72.3 Å². The van der Waals surface area contributed by atoms with Gasteiger partial charge in [-0.15, -0.1) is 0 Å². The quantitative estimate of drug-likeness (QED) is 0.786. The summed E-state index contributed by atoms with van der Waals surface area (Å²) in [4.78, 5) is 0. The first-order chi connectivity index (χ1) is 9.18. The largest absolute Gasteiger partial charge is 0.506 e. The molecule has 0 amide bonds. The molecule has 4 nitrogen and oxygen atoms in total. The van der Waals surface area contributed by atoms with Gasteiger partial charge in [0.15, 0.2) is 0 Å². The number of anilines is 1. The van der Waals surface area contributed by atoms with Crippen molar-refractivity contribution in [2.45, 2.75) is 32.1 Å². The van der Waals surface area contributed by atoms with Crippen LogP contribution in [0.3, 0.4) is 0 Å². The van der Waals surface area contributed by atoms with Gasteiger partial charge in [-0.05, 0) is 58.8 Å². The number of phenolic OH excluding ortho intramolecular Hbond substituents is 1. The maximum atomic E-state index is 10.4. The fourth-order valence-electron chi connectivity index (χ4n) is 2.76. The zero-order chi connectivity index (χ0) is 13.4. The Hall–Kier alpha value is -1.49. The molecular weight excluding hydrogens is 308 g/mol. The molecule has 1 aromatic carbocycles. The number of benzene rings is 1. The zero-order valence-corrected chi connectivity index (χ0v) is 12.0. The lowest BCUT2D eigenvalue weighted by Crippen LogP contribution is -1.97. The van der Waals surface area contributed by atoms with E-state index in [1.807, 2.05) is 6.07 Å². The number of aromatic hydroxyl groups is 1. The van der Waals surface area contributed by atoms with Crippen LogP contribution >= 0.6 is 15.9 Å². The highest BCUT2D eigenvalue weighted by atomic mass is 79.9. The summed E-state index contributed by atoms with van der Waals surface area (Å²) in [5, 5.41) is 14.1. The summed E-state index contributed by atoms with van der Waals surface area (Å²) in [6, 6.07) is 2.02. The van der Waals surface area contributed by atoms with Crippen LogP contribution < -0.4 is 5.73 Å². The van der Waals surface area contributed by atoms with E-state index in [2.05, 4.69) is 21.1 Å². The number of fused-ring (bicyclic) bond motifs is 1. The van der Waals surface area contributed by atoms with Crippen LogP contribution in [0.25, 0.3) is 11.1 Å². The first kappa shape index (κ1) is 12.5. The number of aryl methyl sites for hydroxylation is 1. The minimum atomic E-state index is 0.218. The molecule has 0 radical (unpaired) electrons. The molecule has 19 heavy (non-hydrogen) atoms. The molecule has 0 fully saturated rings. The Morgan fingerprint density at radius 2 is 2.05 bits per heavy atom. The standard InChI is InChI=1S/C14H15BrN2O2/c15-11-6-8-4-2-1-3-5-9(8)12(13(11)18)10-7-17-19-14(10)16/h6-7,18H,1-5,16H2. The average molecular weight is 323 g/mol. The third-order valence-corrected chi connectivity index (χ3v) is 4.30. The van der Waals surface area contributed by atoms with Gasteiger partial charge in [0.2, 0.25) is 5.88 Å². The van der Waals surface area contributed by atoms with Gasteiger partial charge in [-0.1, -0.05) is 11.6 Å². The normalized spacial score (nSPS) is 15.0. The third kappa shape index (κ3) is 2.12. The Bertz CT molecular complexity index is 622. The summed E-state index contributed by atoms with van der Waals surface area (Å²) in [6.45, 7) is 0. The molecule has 2 aromatic rings. The summed E-state index contributed by atoms with van der Waals surface area (Å²) in [6.07, 6.45) is 7.09. The Balaban J connectivity index is 2.27. The predicted octanol–water partition coefficient (Wildman–Crippen LogP) is 3.66. The van der Waals surface area contributed by atoms with Gasteiger partial charge in [-0.3, -0.25) is 0 Å². The Morgan fingerprint density at radius 3 is 2.79 bits per heavy atom. The van der Waals surface area contributed by atoms with Gasteiger partial charge < -0.3 is 15.4 Å². The molecule has 0 atom stereocenters. The highest BCUT2D eigenvalue weighted by Crippen LogP contribution is 2.44. The van der Waals surface area contributed by atoms with Gasteiger partial charge in [0.25, 0.3) is 0 Å². The molecule has 1 aliphatic rings. The second kappa shape index (κ2) is 4.89. The van der Waals surface area contributed by atoms with Crippen LogP contribution in [-0.2, 0) is 12.8 Å². The van der Waals surface area contributed by atoms with Crippen molar-refractivity contribution in [1.82, 2.24) is 5.16 Å². The molecule has 1 aliphatic carbocycles. The number of rotatable bonds is 1. The fourth-order valence-corrected chi connectivity index (χ4v) is 3.24. The molecule has 5 heteroatoms. The molecule has 0 saturated heterocycles. The van der Waals surface area contributed by atoms with Gasteiger partial charge in [0.05, 0.1) is 16.2 Å². The van der Waals surface area contributed by atoms with Crippen molar-refractivity contribution in [3.8, 4) is 16.9 Å². The van der Waals surface area contributed by atoms with E-state index >= 15 is 0 Å². The lowest BCUT2D eigenvalue weighted by molar-refractivity contribution is 0.436.